The normalized spacial score (nSPS) is 15.5. The fourth-order valence-corrected chi connectivity index (χ4v) is 2.88. The lowest BCUT2D eigenvalue weighted by molar-refractivity contribution is 0.129. The number of halogens is 1. The van der Waals surface area contributed by atoms with Crippen molar-refractivity contribution in [2.45, 2.75) is 25.8 Å². The summed E-state index contributed by atoms with van der Waals surface area (Å²) in [6, 6.07) is 15.1. The monoisotopic (exact) mass is 453 g/mol. The summed E-state index contributed by atoms with van der Waals surface area (Å²) in [5.41, 5.74) is 1.28. The van der Waals surface area contributed by atoms with Crippen molar-refractivity contribution in [2.75, 3.05) is 26.8 Å². The third-order valence-electron chi connectivity index (χ3n) is 4.46. The average Bonchev–Trinajstić information content (AvgIpc) is 3.44. The smallest absolute Gasteiger partial charge is 0.191 e. The first kappa shape index (κ1) is 20.0. The van der Waals surface area contributed by atoms with E-state index in [-0.39, 0.29) is 30.0 Å². The molecule has 0 spiro atoms. The van der Waals surface area contributed by atoms with Gasteiger partial charge in [0.25, 0.3) is 0 Å². The lowest BCUT2D eigenvalue weighted by atomic mass is 10.00. The van der Waals surface area contributed by atoms with E-state index < -0.39 is 0 Å². The Morgan fingerprint density at radius 3 is 2.72 bits per heavy atom. The second kappa shape index (κ2) is 9.97. The van der Waals surface area contributed by atoms with Crippen LogP contribution in [0.25, 0.3) is 10.8 Å². The van der Waals surface area contributed by atoms with Crippen molar-refractivity contribution in [1.29, 1.82) is 0 Å². The molecule has 5 heteroatoms. The lowest BCUT2D eigenvalue weighted by Crippen LogP contribution is -2.40. The number of benzene rings is 2. The van der Waals surface area contributed by atoms with E-state index in [9.17, 15) is 0 Å². The molecule has 0 heterocycles. The quantitative estimate of drug-likeness (QED) is 0.287. The summed E-state index contributed by atoms with van der Waals surface area (Å²) in [4.78, 5) is 4.32. The van der Waals surface area contributed by atoms with Crippen LogP contribution in [0.3, 0.4) is 0 Å². The summed E-state index contributed by atoms with van der Waals surface area (Å²) in [5.74, 6) is 1.62. The van der Waals surface area contributed by atoms with Gasteiger partial charge in [0.15, 0.2) is 5.96 Å². The summed E-state index contributed by atoms with van der Waals surface area (Å²) in [7, 11) is 1.80. The highest BCUT2D eigenvalue weighted by Gasteiger charge is 2.20. The van der Waals surface area contributed by atoms with Gasteiger partial charge in [-0.15, -0.1) is 24.0 Å². The number of fused-ring (bicyclic) bond motifs is 1. The maximum atomic E-state index is 5.65. The molecule has 0 saturated heterocycles. The molecule has 1 aliphatic rings. The first-order valence-corrected chi connectivity index (χ1v) is 8.80. The molecular formula is C20H28IN3O. The van der Waals surface area contributed by atoms with E-state index in [1.54, 1.807) is 7.05 Å². The number of ether oxygens (including phenoxy) is 1. The molecule has 0 aliphatic heterocycles. The third kappa shape index (κ3) is 5.85. The number of hydrogen-bond donors (Lipinski definition) is 2. The standard InChI is InChI=1S/C20H27N3O.HI/c1-15(18-9-5-7-17-6-3-4-8-19(17)18)23-20(21-2)22-12-13-24-14-16-10-11-16;/h3-9,15-16H,10-14H2,1-2H3,(H2,21,22,23);1H. The van der Waals surface area contributed by atoms with Gasteiger partial charge < -0.3 is 15.4 Å². The summed E-state index contributed by atoms with van der Waals surface area (Å²) in [6.45, 7) is 4.56. The van der Waals surface area contributed by atoms with Gasteiger partial charge in [-0.2, -0.15) is 0 Å². The Hall–Kier alpha value is -1.34. The van der Waals surface area contributed by atoms with Gasteiger partial charge in [0.2, 0.25) is 0 Å². The highest BCUT2D eigenvalue weighted by Crippen LogP contribution is 2.28. The van der Waals surface area contributed by atoms with E-state index in [2.05, 4.69) is 65.0 Å². The number of nitrogens with one attached hydrogen (secondary N) is 2. The maximum absolute atomic E-state index is 5.65. The van der Waals surface area contributed by atoms with Crippen molar-refractivity contribution < 1.29 is 4.74 Å². The van der Waals surface area contributed by atoms with Gasteiger partial charge in [-0.3, -0.25) is 4.99 Å². The fourth-order valence-electron chi connectivity index (χ4n) is 2.88. The zero-order valence-corrected chi connectivity index (χ0v) is 17.3. The largest absolute Gasteiger partial charge is 0.379 e. The fraction of sp³-hybridized carbons (Fsp3) is 0.450. The zero-order valence-electron chi connectivity index (χ0n) is 15.0. The molecule has 0 radical (unpaired) electrons. The average molecular weight is 453 g/mol. The maximum Gasteiger partial charge on any atom is 0.191 e. The van der Waals surface area contributed by atoms with Crippen LogP contribution in [0.5, 0.6) is 0 Å². The molecular weight excluding hydrogens is 425 g/mol. The van der Waals surface area contributed by atoms with Gasteiger partial charge in [-0.1, -0.05) is 42.5 Å². The van der Waals surface area contributed by atoms with Crippen LogP contribution in [0.15, 0.2) is 47.5 Å². The molecule has 1 aliphatic carbocycles. The Labute approximate surface area is 167 Å². The van der Waals surface area contributed by atoms with Crippen molar-refractivity contribution in [2.24, 2.45) is 10.9 Å². The van der Waals surface area contributed by atoms with Crippen molar-refractivity contribution in [3.63, 3.8) is 0 Å². The minimum atomic E-state index is 0. The molecule has 4 nitrogen and oxygen atoms in total. The first-order chi connectivity index (χ1) is 11.8. The minimum Gasteiger partial charge on any atom is -0.379 e. The molecule has 3 rings (SSSR count). The highest BCUT2D eigenvalue weighted by atomic mass is 127. The molecule has 1 atom stereocenters. The van der Waals surface area contributed by atoms with E-state index in [0.717, 1.165) is 31.6 Å². The minimum absolute atomic E-state index is 0. The summed E-state index contributed by atoms with van der Waals surface area (Å²) < 4.78 is 5.65. The first-order valence-electron chi connectivity index (χ1n) is 8.80. The molecule has 136 valence electrons. The summed E-state index contributed by atoms with van der Waals surface area (Å²) >= 11 is 0. The van der Waals surface area contributed by atoms with Crippen LogP contribution in [0, 0.1) is 5.92 Å². The molecule has 0 aromatic heterocycles. The Bertz CT molecular complexity index is 695. The van der Waals surface area contributed by atoms with Crippen molar-refractivity contribution in [3.8, 4) is 0 Å². The molecule has 1 fully saturated rings. The van der Waals surface area contributed by atoms with Gasteiger partial charge in [-0.05, 0) is 42.0 Å². The van der Waals surface area contributed by atoms with Gasteiger partial charge in [0, 0.05) is 20.2 Å². The van der Waals surface area contributed by atoms with Crippen molar-refractivity contribution in [3.05, 3.63) is 48.0 Å². The van der Waals surface area contributed by atoms with Crippen LogP contribution < -0.4 is 10.6 Å². The number of nitrogens with zero attached hydrogens (tertiary/aromatic N) is 1. The van der Waals surface area contributed by atoms with Crippen LogP contribution in [-0.2, 0) is 4.74 Å². The lowest BCUT2D eigenvalue weighted by Gasteiger charge is -2.20. The van der Waals surface area contributed by atoms with Crippen molar-refractivity contribution >= 4 is 40.7 Å². The van der Waals surface area contributed by atoms with Crippen LogP contribution in [0.1, 0.15) is 31.4 Å². The Morgan fingerprint density at radius 2 is 1.96 bits per heavy atom. The second-order valence-electron chi connectivity index (χ2n) is 6.45. The van der Waals surface area contributed by atoms with Gasteiger partial charge >= 0.3 is 0 Å². The van der Waals surface area contributed by atoms with Crippen LogP contribution in [0.4, 0.5) is 0 Å². The predicted octanol–water partition coefficient (Wildman–Crippen LogP) is 4.11. The molecule has 1 saturated carbocycles. The van der Waals surface area contributed by atoms with Gasteiger partial charge in [0.05, 0.1) is 12.6 Å². The Balaban J connectivity index is 0.00000225. The molecule has 2 aromatic rings. The zero-order chi connectivity index (χ0) is 16.8. The van der Waals surface area contributed by atoms with Crippen LogP contribution in [-0.4, -0.2) is 32.8 Å². The molecule has 0 bridgehead atoms. The van der Waals surface area contributed by atoms with E-state index in [0.29, 0.717) is 0 Å². The molecule has 25 heavy (non-hydrogen) atoms. The molecule has 0 amide bonds. The molecule has 2 N–H and O–H groups in total. The van der Waals surface area contributed by atoms with E-state index in [1.807, 2.05) is 0 Å². The number of guanidine groups is 1. The third-order valence-corrected chi connectivity index (χ3v) is 4.46. The van der Waals surface area contributed by atoms with Crippen LogP contribution in [0.2, 0.25) is 0 Å². The van der Waals surface area contributed by atoms with E-state index >= 15 is 0 Å². The Kier molecular flexibility index (Phi) is 7.96. The number of rotatable bonds is 7. The van der Waals surface area contributed by atoms with Crippen LogP contribution >= 0.6 is 24.0 Å². The number of aliphatic imine (C=N–C) groups is 1. The second-order valence-corrected chi connectivity index (χ2v) is 6.45. The van der Waals surface area contributed by atoms with Crippen molar-refractivity contribution in [1.82, 2.24) is 10.6 Å². The SMILES string of the molecule is CN=C(NCCOCC1CC1)NC(C)c1cccc2ccccc12.I. The number of hydrogen-bond acceptors (Lipinski definition) is 2. The topological polar surface area (TPSA) is 45.7 Å². The van der Waals surface area contributed by atoms with Gasteiger partial charge in [-0.25, -0.2) is 0 Å². The predicted molar refractivity (Wildman–Crippen MR) is 116 cm³/mol. The Morgan fingerprint density at radius 1 is 1.20 bits per heavy atom. The summed E-state index contributed by atoms with van der Waals surface area (Å²) in [6.07, 6.45) is 2.67. The molecule has 1 unspecified atom stereocenters. The van der Waals surface area contributed by atoms with E-state index in [4.69, 9.17) is 4.74 Å². The van der Waals surface area contributed by atoms with Gasteiger partial charge in [0.1, 0.15) is 0 Å². The highest BCUT2D eigenvalue weighted by molar-refractivity contribution is 14.0. The molecule has 2 aromatic carbocycles. The summed E-state index contributed by atoms with van der Waals surface area (Å²) in [5, 5.41) is 9.34. The van der Waals surface area contributed by atoms with E-state index in [1.165, 1.54) is 29.2 Å².